The molecule has 0 aliphatic heterocycles. The van der Waals surface area contributed by atoms with Crippen LogP contribution in [-0.4, -0.2) is 77.9 Å². The number of aromatic hydroxyl groups is 2. The molecular weight excluding hydrogens is 556 g/mol. The first-order valence-corrected chi connectivity index (χ1v) is 15.5. The number of nitrogens with zero attached hydrogens (tertiary/aromatic N) is 2. The fraction of sp³-hybridized carbons (Fsp3) is 0.444. The zero-order valence-electron chi connectivity index (χ0n) is 26.0. The molecule has 2 saturated carbocycles. The fourth-order valence-corrected chi connectivity index (χ4v) is 6.84. The average Bonchev–Trinajstić information content (AvgIpc) is 2.98. The number of rotatable bonds is 7. The Kier molecular flexibility index (Phi) is 9.56. The number of allylic oxidation sites excluding steroid dienone is 2. The van der Waals surface area contributed by atoms with Crippen molar-refractivity contribution in [3.05, 3.63) is 82.1 Å². The minimum absolute atomic E-state index is 0.0562. The quantitative estimate of drug-likeness (QED) is 0.281. The molecular formula is C36H44N2O6-2. The summed E-state index contributed by atoms with van der Waals surface area (Å²) in [7, 11) is 8.15. The molecule has 0 aromatic heterocycles. The number of hydrogen-bond acceptors (Lipinski definition) is 8. The molecule has 4 N–H and O–H groups in total. The third-order valence-corrected chi connectivity index (χ3v) is 9.49. The number of aliphatic hydroxyl groups excluding tert-OH is 2. The standard InChI is InChI=1S/C36H45N2O6/c1-37(2)25-13-9-21(10-14-25)5-7-23-17-27(39)31(28(40)18-23)33-35(43)34(36(33)44)32-29(41)19-24(20-30(32)42)8-6-22-11-15-26(16-12-22)38(3)4/h5-10,13-14,17-18,22,24,26,29-30,35,39-42,44H,11-12,15-16,19-20H2,1-4H3/q-1/p-1/b7-5+,8-6+,34-32?. The van der Waals surface area contributed by atoms with Crippen molar-refractivity contribution in [3.8, 4) is 11.5 Å². The van der Waals surface area contributed by atoms with Crippen molar-refractivity contribution in [3.63, 3.8) is 0 Å². The van der Waals surface area contributed by atoms with Gasteiger partial charge in [-0.15, -0.1) is 5.76 Å². The van der Waals surface area contributed by atoms with Gasteiger partial charge in [0, 0.05) is 25.8 Å². The lowest BCUT2D eigenvalue weighted by molar-refractivity contribution is -0.404. The Morgan fingerprint density at radius 1 is 0.750 bits per heavy atom. The Morgan fingerprint density at radius 3 is 1.82 bits per heavy atom. The number of hydrogen-bond donors (Lipinski definition) is 4. The monoisotopic (exact) mass is 600 g/mol. The first kappa shape index (κ1) is 31.9. The third kappa shape index (κ3) is 6.59. The van der Waals surface area contributed by atoms with E-state index in [0.717, 1.165) is 36.9 Å². The van der Waals surface area contributed by atoms with Crippen LogP contribution in [0.25, 0.3) is 17.7 Å². The molecule has 8 nitrogen and oxygen atoms in total. The molecule has 0 spiro atoms. The third-order valence-electron chi connectivity index (χ3n) is 9.49. The molecule has 0 radical (unpaired) electrons. The van der Waals surface area contributed by atoms with Gasteiger partial charge < -0.3 is 40.4 Å². The highest BCUT2D eigenvalue weighted by molar-refractivity contribution is 5.90. The van der Waals surface area contributed by atoms with Crippen molar-refractivity contribution >= 4 is 23.4 Å². The molecule has 236 valence electrons. The summed E-state index contributed by atoms with van der Waals surface area (Å²) in [5, 5.41) is 69.9. The minimum atomic E-state index is -1.69. The molecule has 2 aromatic carbocycles. The van der Waals surface area contributed by atoms with E-state index in [0.29, 0.717) is 30.4 Å². The van der Waals surface area contributed by atoms with E-state index in [1.54, 1.807) is 6.08 Å². The Labute approximate surface area is 260 Å². The summed E-state index contributed by atoms with van der Waals surface area (Å²) in [5.74, 6) is -0.988. The molecule has 3 aliphatic carbocycles. The summed E-state index contributed by atoms with van der Waals surface area (Å²) in [5.41, 5.74) is 1.94. The van der Waals surface area contributed by atoms with Crippen molar-refractivity contribution in [1.29, 1.82) is 0 Å². The number of phenolic OH excluding ortho intramolecular Hbond substituents is 2. The number of phenols is 2. The number of benzene rings is 2. The zero-order valence-corrected chi connectivity index (χ0v) is 26.0. The summed E-state index contributed by atoms with van der Waals surface area (Å²) in [6.07, 6.45) is 9.08. The van der Waals surface area contributed by atoms with Crippen LogP contribution in [0.2, 0.25) is 0 Å². The van der Waals surface area contributed by atoms with Crippen LogP contribution in [0.1, 0.15) is 55.2 Å². The van der Waals surface area contributed by atoms with Crippen LogP contribution < -0.4 is 15.1 Å². The Balaban J connectivity index is 1.29. The maximum Gasteiger partial charge on any atom is 0.127 e. The maximum absolute atomic E-state index is 13.3. The number of anilines is 1. The van der Waals surface area contributed by atoms with Crippen LogP contribution in [-0.2, 0) is 0 Å². The van der Waals surface area contributed by atoms with Crippen molar-refractivity contribution in [2.24, 2.45) is 11.8 Å². The topological polar surface area (TPSA) is 134 Å². The highest BCUT2D eigenvalue weighted by Crippen LogP contribution is 2.48. The van der Waals surface area contributed by atoms with Crippen LogP contribution in [0.5, 0.6) is 11.5 Å². The van der Waals surface area contributed by atoms with Gasteiger partial charge in [0.1, 0.15) is 11.5 Å². The van der Waals surface area contributed by atoms with Crippen molar-refractivity contribution in [1.82, 2.24) is 4.90 Å². The van der Waals surface area contributed by atoms with Gasteiger partial charge in [-0.05, 0) is 105 Å². The van der Waals surface area contributed by atoms with Gasteiger partial charge in [-0.1, -0.05) is 53.7 Å². The van der Waals surface area contributed by atoms with Gasteiger partial charge in [0.25, 0.3) is 0 Å². The molecule has 3 aliphatic rings. The van der Waals surface area contributed by atoms with E-state index in [1.165, 1.54) is 12.1 Å². The predicted octanol–water partition coefficient (Wildman–Crippen LogP) is 3.25. The second-order valence-electron chi connectivity index (χ2n) is 12.9. The molecule has 44 heavy (non-hydrogen) atoms. The lowest BCUT2D eigenvalue weighted by atomic mass is 9.72. The summed E-state index contributed by atoms with van der Waals surface area (Å²) >= 11 is 0. The predicted molar refractivity (Wildman–Crippen MR) is 171 cm³/mol. The average molecular weight is 601 g/mol. The van der Waals surface area contributed by atoms with Crippen LogP contribution >= 0.6 is 0 Å². The van der Waals surface area contributed by atoms with Crippen LogP contribution in [0.3, 0.4) is 0 Å². The molecule has 5 rings (SSSR count). The second-order valence-corrected chi connectivity index (χ2v) is 12.9. The molecule has 8 heteroatoms. The van der Waals surface area contributed by atoms with Gasteiger partial charge in [-0.25, -0.2) is 0 Å². The molecule has 3 unspecified atom stereocenters. The molecule has 3 atom stereocenters. The van der Waals surface area contributed by atoms with E-state index < -0.39 is 24.1 Å². The highest BCUT2D eigenvalue weighted by Gasteiger charge is 2.37. The van der Waals surface area contributed by atoms with Crippen LogP contribution in [0.15, 0.2) is 65.5 Å². The van der Waals surface area contributed by atoms with E-state index in [2.05, 4.69) is 31.1 Å². The summed E-state index contributed by atoms with van der Waals surface area (Å²) < 4.78 is 0. The van der Waals surface area contributed by atoms with Gasteiger partial charge in [0.15, 0.2) is 0 Å². The smallest absolute Gasteiger partial charge is 0.127 e. The van der Waals surface area contributed by atoms with Gasteiger partial charge in [-0.3, -0.25) is 0 Å². The normalized spacial score (nSPS) is 27.9. The molecule has 0 bridgehead atoms. The number of aliphatic hydroxyl groups is 2. The van der Waals surface area contributed by atoms with Gasteiger partial charge in [0.2, 0.25) is 0 Å². The van der Waals surface area contributed by atoms with Crippen molar-refractivity contribution in [2.75, 3.05) is 33.1 Å². The molecule has 0 amide bonds. The van der Waals surface area contributed by atoms with E-state index in [-0.39, 0.29) is 39.7 Å². The lowest BCUT2D eigenvalue weighted by Gasteiger charge is -2.49. The second kappa shape index (κ2) is 13.2. The summed E-state index contributed by atoms with van der Waals surface area (Å²) in [4.78, 5) is 4.27. The Bertz CT molecular complexity index is 1430. The van der Waals surface area contributed by atoms with Crippen molar-refractivity contribution < 1.29 is 30.6 Å². The molecule has 2 fully saturated rings. The van der Waals surface area contributed by atoms with Crippen molar-refractivity contribution in [2.45, 2.75) is 62.9 Å². The Hall–Kier alpha value is -3.56. The van der Waals surface area contributed by atoms with E-state index in [1.807, 2.05) is 49.3 Å². The lowest BCUT2D eigenvalue weighted by Crippen LogP contribution is -2.47. The van der Waals surface area contributed by atoms with Gasteiger partial charge in [-0.2, -0.15) is 0 Å². The fourth-order valence-electron chi connectivity index (χ4n) is 6.84. The zero-order chi connectivity index (χ0) is 31.7. The van der Waals surface area contributed by atoms with E-state index >= 15 is 0 Å². The van der Waals surface area contributed by atoms with Gasteiger partial charge in [0.05, 0.1) is 17.8 Å². The first-order valence-electron chi connectivity index (χ1n) is 15.5. The SMILES string of the molecule is CN(C)c1ccc(/C=C/c2cc(O)c(C3=C([O-])C(=C4C(O)CC(/C=C/C5CCC(N(C)C)CC5)CC4O)C3[O-])c(O)c2)cc1. The highest BCUT2D eigenvalue weighted by atomic mass is 16.3. The summed E-state index contributed by atoms with van der Waals surface area (Å²) in [6, 6.07) is 11.3. The first-order chi connectivity index (χ1) is 20.9. The molecule has 0 heterocycles. The largest absolute Gasteiger partial charge is 0.872 e. The van der Waals surface area contributed by atoms with Crippen LogP contribution in [0.4, 0.5) is 5.69 Å². The van der Waals surface area contributed by atoms with E-state index in [9.17, 15) is 30.6 Å². The summed E-state index contributed by atoms with van der Waals surface area (Å²) in [6.45, 7) is 0. The van der Waals surface area contributed by atoms with Gasteiger partial charge >= 0.3 is 0 Å². The minimum Gasteiger partial charge on any atom is -0.872 e. The van der Waals surface area contributed by atoms with Crippen LogP contribution in [0, 0.1) is 11.8 Å². The van der Waals surface area contributed by atoms with E-state index in [4.69, 9.17) is 0 Å². The molecule has 2 aromatic rings. The maximum atomic E-state index is 13.3. The Morgan fingerprint density at radius 2 is 1.30 bits per heavy atom. The molecule has 0 saturated heterocycles.